The number of aryl methyl sites for hydroxylation is 1. The largest absolute Gasteiger partial charge is 0.289 e. The maximum absolute atomic E-state index is 12.4. The summed E-state index contributed by atoms with van der Waals surface area (Å²) in [6, 6.07) is 22.5. The fourth-order valence-electron chi connectivity index (χ4n) is 3.22. The van der Waals surface area contributed by atoms with Gasteiger partial charge in [-0.2, -0.15) is 0 Å². The van der Waals surface area contributed by atoms with Crippen LogP contribution in [-0.2, 0) is 19.6 Å². The van der Waals surface area contributed by atoms with Crippen LogP contribution in [0.15, 0.2) is 77.7 Å². The molecule has 2 aromatic heterocycles. The van der Waals surface area contributed by atoms with Gasteiger partial charge in [-0.15, -0.1) is 11.3 Å². The number of hydrogen-bond donors (Lipinski definition) is 0. The molecule has 0 amide bonds. The van der Waals surface area contributed by atoms with E-state index in [2.05, 4.69) is 53.4 Å². The van der Waals surface area contributed by atoms with E-state index in [1.165, 1.54) is 11.1 Å². The molecule has 0 N–H and O–H groups in total. The molecule has 2 heterocycles. The van der Waals surface area contributed by atoms with Crippen molar-refractivity contribution in [3.63, 3.8) is 0 Å². The maximum Gasteiger partial charge on any atom is 0.258 e. The minimum atomic E-state index is -0.0151. The summed E-state index contributed by atoms with van der Waals surface area (Å²) >= 11 is 1.55. The van der Waals surface area contributed by atoms with Crippen LogP contribution in [0, 0.1) is 6.92 Å². The zero-order chi connectivity index (χ0) is 18.6. The molecular formula is C22H21N3OS. The first kappa shape index (κ1) is 17.6. The van der Waals surface area contributed by atoms with Crippen LogP contribution in [0.3, 0.4) is 0 Å². The normalized spacial score (nSPS) is 11.3. The fraction of sp³-hybridized carbons (Fsp3) is 0.182. The van der Waals surface area contributed by atoms with Gasteiger partial charge in [-0.3, -0.25) is 14.1 Å². The number of hydrogen-bond acceptors (Lipinski definition) is 4. The lowest BCUT2D eigenvalue weighted by atomic mass is 10.1. The summed E-state index contributed by atoms with van der Waals surface area (Å²) in [6.07, 6.45) is 1.85. The molecule has 0 saturated heterocycles. The number of aromatic nitrogens is 2. The van der Waals surface area contributed by atoms with Crippen molar-refractivity contribution in [2.24, 2.45) is 0 Å². The Kier molecular flexibility index (Phi) is 5.14. The van der Waals surface area contributed by atoms with E-state index >= 15 is 0 Å². The molecule has 0 aliphatic carbocycles. The molecule has 0 saturated carbocycles. The van der Waals surface area contributed by atoms with Gasteiger partial charge in [-0.1, -0.05) is 60.7 Å². The second kappa shape index (κ2) is 7.86. The minimum Gasteiger partial charge on any atom is -0.289 e. The summed E-state index contributed by atoms with van der Waals surface area (Å²) in [7, 11) is 0. The molecule has 27 heavy (non-hydrogen) atoms. The highest BCUT2D eigenvalue weighted by atomic mass is 32.1. The Morgan fingerprint density at radius 1 is 0.926 bits per heavy atom. The molecule has 0 fully saturated rings. The number of fused-ring (bicyclic) bond motifs is 1. The number of rotatable bonds is 6. The smallest absolute Gasteiger partial charge is 0.258 e. The second-order valence-corrected chi connectivity index (χ2v) is 7.91. The Labute approximate surface area is 162 Å². The summed E-state index contributed by atoms with van der Waals surface area (Å²) in [6.45, 7) is 4.24. The van der Waals surface area contributed by atoms with Crippen molar-refractivity contribution in [3.8, 4) is 0 Å². The molecule has 136 valence electrons. The Hall–Kier alpha value is -2.76. The van der Waals surface area contributed by atoms with Crippen molar-refractivity contribution < 1.29 is 0 Å². The first-order valence-corrected chi connectivity index (χ1v) is 9.78. The van der Waals surface area contributed by atoms with Gasteiger partial charge < -0.3 is 0 Å². The molecule has 0 aliphatic heterocycles. The minimum absolute atomic E-state index is 0.0151. The number of nitrogens with zero attached hydrogens (tertiary/aromatic N) is 3. The molecule has 4 aromatic rings. The molecule has 2 aromatic carbocycles. The molecule has 0 atom stereocenters. The Bertz CT molecular complexity index is 1050. The third-order valence-corrected chi connectivity index (χ3v) is 5.32. The van der Waals surface area contributed by atoms with E-state index in [9.17, 15) is 4.79 Å². The van der Waals surface area contributed by atoms with Crippen molar-refractivity contribution in [3.05, 3.63) is 105 Å². The van der Waals surface area contributed by atoms with Crippen molar-refractivity contribution >= 4 is 16.3 Å². The Balaban J connectivity index is 1.62. The van der Waals surface area contributed by atoms with Crippen molar-refractivity contribution in [2.75, 3.05) is 0 Å². The van der Waals surface area contributed by atoms with Crippen LogP contribution in [0.5, 0.6) is 0 Å². The maximum atomic E-state index is 12.4. The zero-order valence-electron chi connectivity index (χ0n) is 15.2. The first-order chi connectivity index (χ1) is 13.2. The molecule has 0 bridgehead atoms. The van der Waals surface area contributed by atoms with Gasteiger partial charge in [-0.25, -0.2) is 4.98 Å². The quantitative estimate of drug-likeness (QED) is 0.505. The average Bonchev–Trinajstić information content (AvgIpc) is 3.04. The predicted molar refractivity (Wildman–Crippen MR) is 110 cm³/mol. The van der Waals surface area contributed by atoms with Crippen LogP contribution >= 0.6 is 11.3 Å². The molecule has 4 nitrogen and oxygen atoms in total. The van der Waals surface area contributed by atoms with Crippen molar-refractivity contribution in [2.45, 2.75) is 26.6 Å². The Morgan fingerprint density at radius 3 is 2.11 bits per heavy atom. The van der Waals surface area contributed by atoms with Crippen LogP contribution in [0.4, 0.5) is 0 Å². The van der Waals surface area contributed by atoms with Crippen molar-refractivity contribution in [1.29, 1.82) is 0 Å². The third kappa shape index (κ3) is 4.32. The van der Waals surface area contributed by atoms with Crippen LogP contribution in [0.25, 0.3) is 4.96 Å². The highest BCUT2D eigenvalue weighted by Crippen LogP contribution is 2.16. The van der Waals surface area contributed by atoms with Gasteiger partial charge in [0.2, 0.25) is 0 Å². The predicted octanol–water partition coefficient (Wildman–Crippen LogP) is 4.27. The molecule has 0 radical (unpaired) electrons. The number of benzene rings is 2. The lowest BCUT2D eigenvalue weighted by molar-refractivity contribution is 0.245. The van der Waals surface area contributed by atoms with Gasteiger partial charge in [-0.05, 0) is 18.1 Å². The van der Waals surface area contributed by atoms with E-state index in [4.69, 9.17) is 4.98 Å². The van der Waals surface area contributed by atoms with Crippen LogP contribution in [0.1, 0.15) is 21.7 Å². The van der Waals surface area contributed by atoms with E-state index in [-0.39, 0.29) is 5.56 Å². The number of thiazole rings is 1. The SMILES string of the molecule is Cc1cn2c(=O)cc(CN(Cc3ccccc3)Cc3ccccc3)nc2s1. The lowest BCUT2D eigenvalue weighted by Crippen LogP contribution is -2.24. The van der Waals surface area contributed by atoms with Gasteiger partial charge in [0.25, 0.3) is 5.56 Å². The van der Waals surface area contributed by atoms with Crippen LogP contribution in [-0.4, -0.2) is 14.3 Å². The average molecular weight is 375 g/mol. The Morgan fingerprint density at radius 2 is 1.52 bits per heavy atom. The van der Waals surface area contributed by atoms with Gasteiger partial charge in [0, 0.05) is 36.8 Å². The summed E-state index contributed by atoms with van der Waals surface area (Å²) in [4.78, 5) is 21.3. The van der Waals surface area contributed by atoms with Gasteiger partial charge in [0.05, 0.1) is 5.69 Å². The molecule has 0 unspecified atom stereocenters. The van der Waals surface area contributed by atoms with E-state index in [0.29, 0.717) is 6.54 Å². The van der Waals surface area contributed by atoms with Gasteiger partial charge in [0.15, 0.2) is 4.96 Å². The third-order valence-electron chi connectivity index (χ3n) is 4.42. The molecule has 5 heteroatoms. The second-order valence-electron chi connectivity index (χ2n) is 6.70. The molecular weight excluding hydrogens is 354 g/mol. The van der Waals surface area contributed by atoms with Crippen LogP contribution < -0.4 is 5.56 Å². The standard InChI is InChI=1S/C22H21N3OS/c1-17-13-25-21(26)12-20(23-22(25)27-17)16-24(14-18-8-4-2-5-9-18)15-19-10-6-3-7-11-19/h2-13H,14-16H2,1H3. The summed E-state index contributed by atoms with van der Waals surface area (Å²) < 4.78 is 1.63. The van der Waals surface area contributed by atoms with Crippen LogP contribution in [0.2, 0.25) is 0 Å². The lowest BCUT2D eigenvalue weighted by Gasteiger charge is -2.22. The van der Waals surface area contributed by atoms with E-state index in [0.717, 1.165) is 28.6 Å². The summed E-state index contributed by atoms with van der Waals surface area (Å²) in [5.74, 6) is 0. The van der Waals surface area contributed by atoms with Gasteiger partial charge in [0.1, 0.15) is 0 Å². The monoisotopic (exact) mass is 375 g/mol. The van der Waals surface area contributed by atoms with E-state index < -0.39 is 0 Å². The van der Waals surface area contributed by atoms with E-state index in [1.807, 2.05) is 25.3 Å². The summed E-state index contributed by atoms with van der Waals surface area (Å²) in [5.41, 5.74) is 3.30. The highest BCUT2D eigenvalue weighted by molar-refractivity contribution is 7.16. The first-order valence-electron chi connectivity index (χ1n) is 8.96. The highest BCUT2D eigenvalue weighted by Gasteiger charge is 2.12. The fourth-order valence-corrected chi connectivity index (χ4v) is 4.07. The molecule has 4 rings (SSSR count). The van der Waals surface area contributed by atoms with Gasteiger partial charge >= 0.3 is 0 Å². The van der Waals surface area contributed by atoms with Crippen molar-refractivity contribution in [1.82, 2.24) is 14.3 Å². The molecule has 0 spiro atoms. The molecule has 0 aliphatic rings. The van der Waals surface area contributed by atoms with E-state index in [1.54, 1.807) is 21.8 Å². The topological polar surface area (TPSA) is 37.6 Å². The zero-order valence-corrected chi connectivity index (χ0v) is 16.0. The summed E-state index contributed by atoms with van der Waals surface area (Å²) in [5, 5.41) is 0.